The largest absolute Gasteiger partial charge is 0.482 e. The standard InChI is InChI=1S/C10H7BrClNO3/c11-3-8(14)5-1-9-7(2-6(5)12)13-10(15)4-16-9/h1-2H,3-4H2,(H,13,15). The highest BCUT2D eigenvalue weighted by Crippen LogP contribution is 2.33. The summed E-state index contributed by atoms with van der Waals surface area (Å²) in [6.45, 7) is -0.0451. The molecule has 6 heteroatoms. The third-order valence-electron chi connectivity index (χ3n) is 2.12. The molecule has 0 saturated carbocycles. The van der Waals surface area contributed by atoms with Crippen molar-refractivity contribution in [2.45, 2.75) is 0 Å². The first-order chi connectivity index (χ1) is 7.61. The molecule has 1 aliphatic heterocycles. The molecule has 2 rings (SSSR count). The van der Waals surface area contributed by atoms with Gasteiger partial charge in [0, 0.05) is 5.56 Å². The summed E-state index contributed by atoms with van der Waals surface area (Å²) < 4.78 is 5.19. The van der Waals surface area contributed by atoms with Crippen LogP contribution < -0.4 is 10.1 Å². The van der Waals surface area contributed by atoms with Crippen molar-refractivity contribution >= 4 is 44.9 Å². The summed E-state index contributed by atoms with van der Waals surface area (Å²) in [6.07, 6.45) is 0. The molecule has 0 bridgehead atoms. The summed E-state index contributed by atoms with van der Waals surface area (Å²) in [5.41, 5.74) is 0.876. The van der Waals surface area contributed by atoms with Crippen molar-refractivity contribution in [3.8, 4) is 5.75 Å². The number of carbonyl (C=O) groups is 2. The Labute approximate surface area is 105 Å². The van der Waals surface area contributed by atoms with E-state index in [0.29, 0.717) is 22.0 Å². The molecule has 0 atom stereocenters. The number of anilines is 1. The van der Waals surface area contributed by atoms with E-state index in [4.69, 9.17) is 16.3 Å². The van der Waals surface area contributed by atoms with Gasteiger partial charge in [0.15, 0.2) is 12.4 Å². The van der Waals surface area contributed by atoms with E-state index in [-0.39, 0.29) is 23.6 Å². The predicted molar refractivity (Wildman–Crippen MR) is 63.7 cm³/mol. The summed E-state index contributed by atoms with van der Waals surface area (Å²) in [4.78, 5) is 22.6. The Morgan fingerprint density at radius 1 is 1.56 bits per heavy atom. The highest BCUT2D eigenvalue weighted by molar-refractivity contribution is 9.09. The van der Waals surface area contributed by atoms with Gasteiger partial charge in [0.1, 0.15) is 5.75 Å². The number of ketones is 1. The number of fused-ring (bicyclic) bond motifs is 1. The van der Waals surface area contributed by atoms with Crippen LogP contribution in [0.5, 0.6) is 5.75 Å². The number of benzene rings is 1. The fourth-order valence-electron chi connectivity index (χ4n) is 1.39. The maximum atomic E-state index is 11.5. The lowest BCUT2D eigenvalue weighted by molar-refractivity contribution is -0.118. The van der Waals surface area contributed by atoms with Crippen LogP contribution >= 0.6 is 27.5 Å². The van der Waals surface area contributed by atoms with Gasteiger partial charge in [0.05, 0.1) is 16.0 Å². The Morgan fingerprint density at radius 2 is 2.31 bits per heavy atom. The van der Waals surface area contributed by atoms with Crippen LogP contribution in [0, 0.1) is 0 Å². The zero-order valence-corrected chi connectivity index (χ0v) is 10.4. The Morgan fingerprint density at radius 3 is 3.00 bits per heavy atom. The van der Waals surface area contributed by atoms with E-state index in [1.165, 1.54) is 6.07 Å². The molecule has 1 N–H and O–H groups in total. The number of amides is 1. The molecule has 0 saturated heterocycles. The number of ether oxygens (including phenoxy) is 1. The Balaban J connectivity index is 2.45. The molecule has 0 aliphatic carbocycles. The molecule has 0 aromatic heterocycles. The van der Waals surface area contributed by atoms with Crippen LogP contribution in [0.25, 0.3) is 0 Å². The minimum atomic E-state index is -0.233. The van der Waals surface area contributed by atoms with E-state index >= 15 is 0 Å². The minimum absolute atomic E-state index is 0.0451. The van der Waals surface area contributed by atoms with E-state index in [9.17, 15) is 9.59 Å². The van der Waals surface area contributed by atoms with Gasteiger partial charge in [0.25, 0.3) is 5.91 Å². The predicted octanol–water partition coefficient (Wildman–Crippen LogP) is 2.25. The second-order valence-electron chi connectivity index (χ2n) is 3.22. The average molecular weight is 305 g/mol. The molecule has 1 aromatic carbocycles. The molecule has 0 radical (unpaired) electrons. The zero-order valence-electron chi connectivity index (χ0n) is 8.05. The number of hydrogen-bond donors (Lipinski definition) is 1. The molecular weight excluding hydrogens is 297 g/mol. The van der Waals surface area contributed by atoms with Crippen LogP contribution in [0.2, 0.25) is 5.02 Å². The maximum absolute atomic E-state index is 11.5. The number of Topliss-reactive ketones (excluding diaryl/α,β-unsaturated/α-hetero) is 1. The molecule has 1 aromatic rings. The molecule has 0 fully saturated rings. The third kappa shape index (κ3) is 2.05. The molecule has 4 nitrogen and oxygen atoms in total. The normalized spacial score (nSPS) is 13.8. The Kier molecular flexibility index (Phi) is 3.16. The number of rotatable bonds is 2. The lowest BCUT2D eigenvalue weighted by Crippen LogP contribution is -2.25. The number of nitrogens with one attached hydrogen (secondary N) is 1. The molecule has 16 heavy (non-hydrogen) atoms. The van der Waals surface area contributed by atoms with Crippen molar-refractivity contribution in [2.75, 3.05) is 17.3 Å². The first-order valence-corrected chi connectivity index (χ1v) is 5.97. The third-order valence-corrected chi connectivity index (χ3v) is 2.95. The van der Waals surface area contributed by atoms with Crippen molar-refractivity contribution in [1.82, 2.24) is 0 Å². The molecule has 84 valence electrons. The highest BCUT2D eigenvalue weighted by Gasteiger charge is 2.20. The lowest BCUT2D eigenvalue weighted by Gasteiger charge is -2.19. The lowest BCUT2D eigenvalue weighted by atomic mass is 10.1. The van der Waals surface area contributed by atoms with Gasteiger partial charge in [-0.2, -0.15) is 0 Å². The van der Waals surface area contributed by atoms with Crippen molar-refractivity contribution in [2.24, 2.45) is 0 Å². The first kappa shape index (κ1) is 11.4. The molecule has 1 heterocycles. The fourth-order valence-corrected chi connectivity index (χ4v) is 1.96. The zero-order chi connectivity index (χ0) is 11.7. The van der Waals surface area contributed by atoms with Gasteiger partial charge in [0.2, 0.25) is 0 Å². The van der Waals surface area contributed by atoms with Crippen molar-refractivity contribution in [3.05, 3.63) is 22.7 Å². The molecular formula is C10H7BrClNO3. The van der Waals surface area contributed by atoms with E-state index < -0.39 is 0 Å². The number of halogens is 2. The minimum Gasteiger partial charge on any atom is -0.482 e. The van der Waals surface area contributed by atoms with Crippen molar-refractivity contribution < 1.29 is 14.3 Å². The van der Waals surface area contributed by atoms with E-state index in [2.05, 4.69) is 21.2 Å². The van der Waals surface area contributed by atoms with Crippen LogP contribution in [0.3, 0.4) is 0 Å². The maximum Gasteiger partial charge on any atom is 0.262 e. The van der Waals surface area contributed by atoms with Gasteiger partial charge in [-0.25, -0.2) is 0 Å². The van der Waals surface area contributed by atoms with Crippen LogP contribution in [-0.4, -0.2) is 23.6 Å². The first-order valence-electron chi connectivity index (χ1n) is 4.47. The van der Waals surface area contributed by atoms with Gasteiger partial charge in [-0.3, -0.25) is 9.59 Å². The fraction of sp³-hybridized carbons (Fsp3) is 0.200. The summed E-state index contributed by atoms with van der Waals surface area (Å²) >= 11 is 9.01. The van der Waals surface area contributed by atoms with Gasteiger partial charge >= 0.3 is 0 Å². The summed E-state index contributed by atoms with van der Waals surface area (Å²) in [7, 11) is 0. The Hall–Kier alpha value is -1.07. The molecule has 1 aliphatic rings. The SMILES string of the molecule is O=C1COc2cc(C(=O)CBr)c(Cl)cc2N1. The highest BCUT2D eigenvalue weighted by atomic mass is 79.9. The molecule has 0 unspecified atom stereocenters. The molecule has 0 spiro atoms. The van der Waals surface area contributed by atoms with Crippen molar-refractivity contribution in [1.29, 1.82) is 0 Å². The van der Waals surface area contributed by atoms with Gasteiger partial charge in [-0.1, -0.05) is 27.5 Å². The van der Waals surface area contributed by atoms with Crippen LogP contribution in [0.1, 0.15) is 10.4 Å². The van der Waals surface area contributed by atoms with Crippen LogP contribution in [0.4, 0.5) is 5.69 Å². The van der Waals surface area contributed by atoms with Crippen LogP contribution in [0.15, 0.2) is 12.1 Å². The second-order valence-corrected chi connectivity index (χ2v) is 4.19. The second kappa shape index (κ2) is 4.43. The summed E-state index contributed by atoms with van der Waals surface area (Å²) in [5.74, 6) is 0.102. The molecule has 1 amide bonds. The van der Waals surface area contributed by atoms with Gasteiger partial charge in [-0.05, 0) is 12.1 Å². The van der Waals surface area contributed by atoms with E-state index in [1.807, 2.05) is 0 Å². The topological polar surface area (TPSA) is 55.4 Å². The van der Waals surface area contributed by atoms with Gasteiger partial charge < -0.3 is 10.1 Å². The Bertz CT molecular complexity index is 475. The van der Waals surface area contributed by atoms with E-state index in [0.717, 1.165) is 0 Å². The smallest absolute Gasteiger partial charge is 0.262 e. The number of carbonyl (C=O) groups excluding carboxylic acids is 2. The quantitative estimate of drug-likeness (QED) is 0.673. The average Bonchev–Trinajstić information content (AvgIpc) is 2.27. The number of alkyl halides is 1. The van der Waals surface area contributed by atoms with E-state index in [1.54, 1.807) is 6.07 Å². The summed E-state index contributed by atoms with van der Waals surface area (Å²) in [6, 6.07) is 3.06. The van der Waals surface area contributed by atoms with Crippen molar-refractivity contribution in [3.63, 3.8) is 0 Å². The summed E-state index contributed by atoms with van der Waals surface area (Å²) in [5, 5.41) is 3.11. The monoisotopic (exact) mass is 303 g/mol. The van der Waals surface area contributed by atoms with Gasteiger partial charge in [-0.15, -0.1) is 0 Å². The van der Waals surface area contributed by atoms with Crippen LogP contribution in [-0.2, 0) is 4.79 Å². The number of hydrogen-bond acceptors (Lipinski definition) is 3.